The molecule has 1 N–H and O–H groups in total. The summed E-state index contributed by atoms with van der Waals surface area (Å²) in [7, 11) is 0. The van der Waals surface area contributed by atoms with Gasteiger partial charge in [0.05, 0.1) is 12.1 Å². The molecule has 21 heavy (non-hydrogen) atoms. The Morgan fingerprint density at radius 3 is 2.57 bits per heavy atom. The topological polar surface area (TPSA) is 66.8 Å². The molecule has 0 spiro atoms. The summed E-state index contributed by atoms with van der Waals surface area (Å²) in [5, 5.41) is 8.81. The molecule has 1 fully saturated rings. The lowest BCUT2D eigenvalue weighted by molar-refractivity contribution is -0.128. The van der Waals surface area contributed by atoms with Crippen LogP contribution in [0.3, 0.4) is 0 Å². The van der Waals surface area contributed by atoms with Crippen molar-refractivity contribution in [3.05, 3.63) is 29.8 Å². The Hall–Kier alpha value is -2.04. The number of ether oxygens (including phenoxy) is 1. The van der Waals surface area contributed by atoms with Crippen LogP contribution in [0.25, 0.3) is 0 Å². The van der Waals surface area contributed by atoms with Crippen molar-refractivity contribution in [2.24, 2.45) is 11.8 Å². The van der Waals surface area contributed by atoms with E-state index in [2.05, 4.69) is 13.8 Å². The number of carboxylic acids is 1. The molecule has 0 bridgehead atoms. The number of amides is 1. The maximum Gasteiger partial charge on any atom is 0.335 e. The molecule has 1 saturated heterocycles. The molecule has 114 valence electrons. The van der Waals surface area contributed by atoms with E-state index in [0.29, 0.717) is 37.2 Å². The molecule has 1 aliphatic heterocycles. The van der Waals surface area contributed by atoms with Crippen molar-refractivity contribution in [3.63, 3.8) is 0 Å². The Kier molecular flexibility index (Phi) is 4.83. The molecule has 5 heteroatoms. The fourth-order valence-corrected chi connectivity index (χ4v) is 2.43. The summed E-state index contributed by atoms with van der Waals surface area (Å²) in [4.78, 5) is 24.4. The Labute approximate surface area is 124 Å². The zero-order chi connectivity index (χ0) is 15.4. The standard InChI is InChI=1S/C16H21NO4/c1-11(2)13-9-15(18)17(10-13)7-8-21-14-5-3-12(4-6-14)16(19)20/h3-6,11,13H,7-10H2,1-2H3,(H,19,20). The number of carbonyl (C=O) groups excluding carboxylic acids is 1. The van der Waals surface area contributed by atoms with Crippen LogP contribution in [0.2, 0.25) is 0 Å². The quantitative estimate of drug-likeness (QED) is 0.873. The fourth-order valence-electron chi connectivity index (χ4n) is 2.43. The minimum atomic E-state index is -0.955. The summed E-state index contributed by atoms with van der Waals surface area (Å²) in [6, 6.07) is 6.28. The molecule has 1 amide bonds. The first kappa shape index (κ1) is 15.4. The third-order valence-corrected chi connectivity index (χ3v) is 3.92. The van der Waals surface area contributed by atoms with Crippen molar-refractivity contribution in [1.82, 2.24) is 4.90 Å². The molecule has 0 aliphatic carbocycles. The van der Waals surface area contributed by atoms with Gasteiger partial charge in [-0.05, 0) is 36.1 Å². The highest BCUT2D eigenvalue weighted by Crippen LogP contribution is 2.24. The van der Waals surface area contributed by atoms with Crippen LogP contribution in [-0.2, 0) is 4.79 Å². The van der Waals surface area contributed by atoms with Crippen LogP contribution >= 0.6 is 0 Å². The molecule has 2 rings (SSSR count). The molecule has 0 aromatic heterocycles. The average molecular weight is 291 g/mol. The van der Waals surface area contributed by atoms with Gasteiger partial charge in [-0.3, -0.25) is 4.79 Å². The number of nitrogens with zero attached hydrogens (tertiary/aromatic N) is 1. The van der Waals surface area contributed by atoms with E-state index in [1.165, 1.54) is 12.1 Å². The third kappa shape index (κ3) is 3.97. The van der Waals surface area contributed by atoms with Crippen LogP contribution in [0, 0.1) is 11.8 Å². The number of hydrogen-bond donors (Lipinski definition) is 1. The highest BCUT2D eigenvalue weighted by Gasteiger charge is 2.30. The molecule has 1 atom stereocenters. The second-order valence-corrected chi connectivity index (χ2v) is 5.73. The van der Waals surface area contributed by atoms with E-state index in [4.69, 9.17) is 9.84 Å². The lowest BCUT2D eigenvalue weighted by Crippen LogP contribution is -2.30. The van der Waals surface area contributed by atoms with Gasteiger partial charge < -0.3 is 14.7 Å². The number of carboxylic acid groups (broad SMARTS) is 1. The maximum atomic E-state index is 11.9. The number of carbonyl (C=O) groups is 2. The van der Waals surface area contributed by atoms with Gasteiger partial charge in [0.25, 0.3) is 0 Å². The van der Waals surface area contributed by atoms with Crippen LogP contribution in [0.4, 0.5) is 0 Å². The van der Waals surface area contributed by atoms with Crippen LogP contribution in [0.15, 0.2) is 24.3 Å². The predicted octanol–water partition coefficient (Wildman–Crippen LogP) is 2.27. The van der Waals surface area contributed by atoms with Gasteiger partial charge in [0, 0.05) is 13.0 Å². The zero-order valence-corrected chi connectivity index (χ0v) is 12.4. The number of hydrogen-bond acceptors (Lipinski definition) is 3. The second kappa shape index (κ2) is 6.61. The van der Waals surface area contributed by atoms with Gasteiger partial charge >= 0.3 is 5.97 Å². The van der Waals surface area contributed by atoms with Crippen molar-refractivity contribution in [1.29, 1.82) is 0 Å². The third-order valence-electron chi connectivity index (χ3n) is 3.92. The van der Waals surface area contributed by atoms with Gasteiger partial charge in [0.2, 0.25) is 5.91 Å². The first-order valence-electron chi connectivity index (χ1n) is 7.21. The average Bonchev–Trinajstić information content (AvgIpc) is 2.81. The van der Waals surface area contributed by atoms with Gasteiger partial charge in [0.15, 0.2) is 0 Å². The van der Waals surface area contributed by atoms with E-state index >= 15 is 0 Å². The Morgan fingerprint density at radius 1 is 1.38 bits per heavy atom. The Bertz CT molecular complexity index is 510. The number of benzene rings is 1. The van der Waals surface area contributed by atoms with E-state index in [9.17, 15) is 9.59 Å². The Balaban J connectivity index is 1.79. The van der Waals surface area contributed by atoms with Crippen LogP contribution < -0.4 is 4.74 Å². The van der Waals surface area contributed by atoms with E-state index in [1.54, 1.807) is 12.1 Å². The summed E-state index contributed by atoms with van der Waals surface area (Å²) in [5.41, 5.74) is 0.233. The first-order chi connectivity index (χ1) is 9.97. The van der Waals surface area contributed by atoms with E-state index in [-0.39, 0.29) is 11.5 Å². The molecule has 1 heterocycles. The number of rotatable bonds is 6. The minimum absolute atomic E-state index is 0.193. The molecular formula is C16H21NO4. The number of aromatic carboxylic acids is 1. The van der Waals surface area contributed by atoms with Gasteiger partial charge in [-0.1, -0.05) is 13.8 Å². The molecular weight excluding hydrogens is 270 g/mol. The van der Waals surface area contributed by atoms with E-state index in [0.717, 1.165) is 6.54 Å². The normalized spacial score (nSPS) is 18.3. The van der Waals surface area contributed by atoms with Crippen molar-refractivity contribution in [2.45, 2.75) is 20.3 Å². The molecule has 1 aliphatic rings. The highest BCUT2D eigenvalue weighted by atomic mass is 16.5. The summed E-state index contributed by atoms with van der Waals surface area (Å²) in [6.45, 7) is 6.08. The Morgan fingerprint density at radius 2 is 2.05 bits per heavy atom. The van der Waals surface area contributed by atoms with Crippen LogP contribution in [-0.4, -0.2) is 41.6 Å². The van der Waals surface area contributed by atoms with Gasteiger partial charge in [-0.25, -0.2) is 4.79 Å². The summed E-state index contributed by atoms with van der Waals surface area (Å²) >= 11 is 0. The summed E-state index contributed by atoms with van der Waals surface area (Å²) in [6.07, 6.45) is 0.630. The molecule has 1 aromatic rings. The van der Waals surface area contributed by atoms with Gasteiger partial charge in [-0.15, -0.1) is 0 Å². The minimum Gasteiger partial charge on any atom is -0.492 e. The lowest BCUT2D eigenvalue weighted by Gasteiger charge is -2.18. The molecule has 0 radical (unpaired) electrons. The van der Waals surface area contributed by atoms with Crippen LogP contribution in [0.5, 0.6) is 5.75 Å². The van der Waals surface area contributed by atoms with E-state index < -0.39 is 5.97 Å². The maximum absolute atomic E-state index is 11.9. The molecule has 1 unspecified atom stereocenters. The van der Waals surface area contributed by atoms with Crippen molar-refractivity contribution >= 4 is 11.9 Å². The summed E-state index contributed by atoms with van der Waals surface area (Å²) < 4.78 is 5.56. The second-order valence-electron chi connectivity index (χ2n) is 5.73. The van der Waals surface area contributed by atoms with Crippen molar-refractivity contribution in [3.8, 4) is 5.75 Å². The molecule has 1 aromatic carbocycles. The van der Waals surface area contributed by atoms with Crippen molar-refractivity contribution in [2.75, 3.05) is 19.7 Å². The van der Waals surface area contributed by atoms with E-state index in [1.807, 2.05) is 4.90 Å². The number of likely N-dealkylation sites (tertiary alicyclic amines) is 1. The summed E-state index contributed by atoms with van der Waals surface area (Å²) in [5.74, 6) is 0.810. The van der Waals surface area contributed by atoms with Crippen LogP contribution in [0.1, 0.15) is 30.6 Å². The molecule has 5 nitrogen and oxygen atoms in total. The van der Waals surface area contributed by atoms with Gasteiger partial charge in [0.1, 0.15) is 12.4 Å². The predicted molar refractivity (Wildman–Crippen MR) is 78.4 cm³/mol. The SMILES string of the molecule is CC(C)C1CC(=O)N(CCOc2ccc(C(=O)O)cc2)C1. The van der Waals surface area contributed by atoms with Gasteiger partial charge in [-0.2, -0.15) is 0 Å². The highest BCUT2D eigenvalue weighted by molar-refractivity contribution is 5.87. The first-order valence-corrected chi connectivity index (χ1v) is 7.21. The largest absolute Gasteiger partial charge is 0.492 e. The van der Waals surface area contributed by atoms with Crippen molar-refractivity contribution < 1.29 is 19.4 Å². The monoisotopic (exact) mass is 291 g/mol. The smallest absolute Gasteiger partial charge is 0.335 e. The zero-order valence-electron chi connectivity index (χ0n) is 12.4. The fraction of sp³-hybridized carbons (Fsp3) is 0.500. The molecule has 0 saturated carbocycles. The lowest BCUT2D eigenvalue weighted by atomic mass is 9.95.